The molecule has 0 aliphatic rings. The average molecular weight is 308 g/mol. The van der Waals surface area contributed by atoms with Crippen molar-refractivity contribution in [2.24, 2.45) is 11.7 Å². The maximum absolute atomic E-state index is 12.7. The van der Waals surface area contributed by atoms with Gasteiger partial charge >= 0.3 is 0 Å². The van der Waals surface area contributed by atoms with E-state index in [-0.39, 0.29) is 17.9 Å². The summed E-state index contributed by atoms with van der Waals surface area (Å²) >= 11 is 0. The van der Waals surface area contributed by atoms with Crippen LogP contribution < -0.4 is 5.73 Å². The minimum Gasteiger partial charge on any atom is -0.385 e. The summed E-state index contributed by atoms with van der Waals surface area (Å²) in [5.74, 6) is -0.216. The molecule has 2 unspecified atom stereocenters. The number of carbonyl (C=O) groups is 1. The monoisotopic (exact) mass is 308 g/mol. The fourth-order valence-electron chi connectivity index (χ4n) is 2.34. The van der Waals surface area contributed by atoms with Crippen molar-refractivity contribution in [1.82, 2.24) is 4.90 Å². The molecule has 124 valence electrons. The normalized spacial score (nSPS) is 13.6. The summed E-state index contributed by atoms with van der Waals surface area (Å²) in [4.78, 5) is 14.5. The highest BCUT2D eigenvalue weighted by Gasteiger charge is 2.26. The van der Waals surface area contributed by atoms with E-state index in [1.807, 2.05) is 42.2 Å². The maximum atomic E-state index is 12.7. The van der Waals surface area contributed by atoms with Crippen LogP contribution in [0.3, 0.4) is 0 Å². The van der Waals surface area contributed by atoms with Crippen LogP contribution in [0.25, 0.3) is 0 Å². The lowest BCUT2D eigenvalue weighted by molar-refractivity contribution is -0.136. The Morgan fingerprint density at radius 2 is 1.77 bits per heavy atom. The van der Waals surface area contributed by atoms with Crippen molar-refractivity contribution in [2.75, 3.05) is 40.5 Å². The summed E-state index contributed by atoms with van der Waals surface area (Å²) < 4.78 is 10.2. The van der Waals surface area contributed by atoms with Gasteiger partial charge in [0, 0.05) is 40.0 Å². The predicted octanol–water partition coefficient (Wildman–Crippen LogP) is 1.83. The van der Waals surface area contributed by atoms with Gasteiger partial charge in [0.15, 0.2) is 0 Å². The molecule has 0 aromatic heterocycles. The van der Waals surface area contributed by atoms with Gasteiger partial charge in [0.25, 0.3) is 0 Å². The lowest BCUT2D eigenvalue weighted by atomic mass is 9.94. The second-order valence-electron chi connectivity index (χ2n) is 5.39. The van der Waals surface area contributed by atoms with Crippen LogP contribution in [0, 0.1) is 5.92 Å². The minimum atomic E-state index is -0.304. The van der Waals surface area contributed by atoms with E-state index in [0.29, 0.717) is 26.3 Å². The lowest BCUT2D eigenvalue weighted by Gasteiger charge is -2.28. The Hall–Kier alpha value is -1.43. The largest absolute Gasteiger partial charge is 0.385 e. The number of carbonyl (C=O) groups excluding carboxylic acids is 1. The molecule has 0 spiro atoms. The number of rotatable bonds is 10. The Bertz CT molecular complexity index is 425. The van der Waals surface area contributed by atoms with E-state index in [2.05, 4.69) is 0 Å². The van der Waals surface area contributed by atoms with Gasteiger partial charge in [0.05, 0.1) is 12.5 Å². The first kappa shape index (κ1) is 18.6. The van der Waals surface area contributed by atoms with Crippen LogP contribution in [-0.4, -0.2) is 51.3 Å². The molecule has 0 heterocycles. The predicted molar refractivity (Wildman–Crippen MR) is 87.5 cm³/mol. The van der Waals surface area contributed by atoms with Gasteiger partial charge in [-0.15, -0.1) is 0 Å². The summed E-state index contributed by atoms with van der Waals surface area (Å²) in [5.41, 5.74) is 7.24. The van der Waals surface area contributed by atoms with E-state index in [1.165, 1.54) is 0 Å². The molecule has 1 rings (SSSR count). The molecule has 5 nitrogen and oxygen atoms in total. The average Bonchev–Trinajstić information content (AvgIpc) is 2.56. The van der Waals surface area contributed by atoms with Crippen molar-refractivity contribution in [3.63, 3.8) is 0 Å². The van der Waals surface area contributed by atoms with Crippen molar-refractivity contribution in [3.8, 4) is 0 Å². The van der Waals surface area contributed by atoms with E-state index < -0.39 is 0 Å². The molecule has 0 radical (unpaired) electrons. The van der Waals surface area contributed by atoms with Gasteiger partial charge in [-0.3, -0.25) is 4.79 Å². The molecule has 1 aromatic carbocycles. The third-order valence-electron chi connectivity index (χ3n) is 3.77. The van der Waals surface area contributed by atoms with Crippen molar-refractivity contribution < 1.29 is 14.3 Å². The number of hydrogen-bond acceptors (Lipinski definition) is 4. The van der Waals surface area contributed by atoms with Gasteiger partial charge < -0.3 is 20.1 Å². The van der Waals surface area contributed by atoms with E-state index in [4.69, 9.17) is 15.2 Å². The SMILES string of the molecule is COCCCN(CCOC)C(=O)C(C)C(N)c1ccccc1. The zero-order chi connectivity index (χ0) is 16.4. The van der Waals surface area contributed by atoms with Crippen LogP contribution in [-0.2, 0) is 14.3 Å². The maximum Gasteiger partial charge on any atom is 0.227 e. The van der Waals surface area contributed by atoms with Crippen molar-refractivity contribution >= 4 is 5.91 Å². The number of amides is 1. The molecule has 0 aliphatic heterocycles. The van der Waals surface area contributed by atoms with Crippen LogP contribution in [0.5, 0.6) is 0 Å². The Labute approximate surface area is 133 Å². The van der Waals surface area contributed by atoms with Crippen LogP contribution in [0.15, 0.2) is 30.3 Å². The summed E-state index contributed by atoms with van der Waals surface area (Å²) in [7, 11) is 3.30. The van der Waals surface area contributed by atoms with E-state index in [0.717, 1.165) is 12.0 Å². The molecule has 2 atom stereocenters. The molecule has 22 heavy (non-hydrogen) atoms. The highest BCUT2D eigenvalue weighted by atomic mass is 16.5. The van der Waals surface area contributed by atoms with Crippen LogP contribution in [0.1, 0.15) is 24.9 Å². The number of benzene rings is 1. The molecular formula is C17H28N2O3. The summed E-state index contributed by atoms with van der Waals surface area (Å²) in [6.45, 7) is 4.27. The van der Waals surface area contributed by atoms with E-state index in [9.17, 15) is 4.79 Å². The first-order chi connectivity index (χ1) is 10.6. The number of ether oxygens (including phenoxy) is 2. The first-order valence-corrected chi connectivity index (χ1v) is 7.69. The van der Waals surface area contributed by atoms with Gasteiger partial charge in [-0.05, 0) is 12.0 Å². The van der Waals surface area contributed by atoms with Gasteiger partial charge in [-0.1, -0.05) is 37.3 Å². The van der Waals surface area contributed by atoms with Gasteiger partial charge in [0.2, 0.25) is 5.91 Å². The Kier molecular flexibility index (Phi) is 8.74. The van der Waals surface area contributed by atoms with E-state index >= 15 is 0 Å². The zero-order valence-corrected chi connectivity index (χ0v) is 13.8. The summed E-state index contributed by atoms with van der Waals surface area (Å²) in [5, 5.41) is 0. The molecule has 1 aromatic rings. The third kappa shape index (κ3) is 5.75. The standard InChI is InChI=1S/C17H28N2O3/c1-14(16(18)15-8-5-4-6-9-15)17(20)19(11-13-22-3)10-7-12-21-2/h4-6,8-9,14,16H,7,10-13,18H2,1-3H3. The first-order valence-electron chi connectivity index (χ1n) is 7.69. The quantitative estimate of drug-likeness (QED) is 0.670. The number of hydrogen-bond donors (Lipinski definition) is 1. The minimum absolute atomic E-state index is 0.0597. The molecule has 0 aliphatic carbocycles. The number of nitrogens with two attached hydrogens (primary N) is 1. The second kappa shape index (κ2) is 10.3. The molecular weight excluding hydrogens is 280 g/mol. The highest BCUT2D eigenvalue weighted by Crippen LogP contribution is 2.21. The summed E-state index contributed by atoms with van der Waals surface area (Å²) in [6, 6.07) is 9.43. The van der Waals surface area contributed by atoms with Crippen molar-refractivity contribution in [3.05, 3.63) is 35.9 Å². The van der Waals surface area contributed by atoms with Gasteiger partial charge in [-0.25, -0.2) is 0 Å². The Balaban J connectivity index is 2.69. The Morgan fingerprint density at radius 1 is 1.14 bits per heavy atom. The molecule has 2 N–H and O–H groups in total. The van der Waals surface area contributed by atoms with Crippen LogP contribution in [0.4, 0.5) is 0 Å². The lowest BCUT2D eigenvalue weighted by Crippen LogP contribution is -2.41. The van der Waals surface area contributed by atoms with Gasteiger partial charge in [-0.2, -0.15) is 0 Å². The van der Waals surface area contributed by atoms with Gasteiger partial charge in [0.1, 0.15) is 0 Å². The fourth-order valence-corrected chi connectivity index (χ4v) is 2.34. The third-order valence-corrected chi connectivity index (χ3v) is 3.77. The second-order valence-corrected chi connectivity index (χ2v) is 5.39. The molecule has 0 saturated heterocycles. The molecule has 0 fully saturated rings. The molecule has 0 saturated carbocycles. The fraction of sp³-hybridized carbons (Fsp3) is 0.588. The van der Waals surface area contributed by atoms with E-state index in [1.54, 1.807) is 14.2 Å². The van der Waals surface area contributed by atoms with Crippen LogP contribution in [0.2, 0.25) is 0 Å². The topological polar surface area (TPSA) is 64.8 Å². The highest BCUT2D eigenvalue weighted by molar-refractivity contribution is 5.79. The molecule has 0 bridgehead atoms. The zero-order valence-electron chi connectivity index (χ0n) is 13.8. The summed E-state index contributed by atoms with van der Waals surface area (Å²) in [6.07, 6.45) is 0.805. The van der Waals surface area contributed by atoms with Crippen molar-refractivity contribution in [2.45, 2.75) is 19.4 Å². The molecule has 5 heteroatoms. The smallest absolute Gasteiger partial charge is 0.227 e. The molecule has 1 amide bonds. The number of methoxy groups -OCH3 is 2. The number of nitrogens with zero attached hydrogens (tertiary/aromatic N) is 1. The van der Waals surface area contributed by atoms with Crippen LogP contribution >= 0.6 is 0 Å². The Morgan fingerprint density at radius 3 is 2.36 bits per heavy atom. The van der Waals surface area contributed by atoms with Crippen molar-refractivity contribution in [1.29, 1.82) is 0 Å².